The minimum atomic E-state index is -4.49. The molecule has 0 aliphatic carbocycles. The Morgan fingerprint density at radius 1 is 1.13 bits per heavy atom. The highest BCUT2D eigenvalue weighted by Crippen LogP contribution is 2.17. The third kappa shape index (κ3) is 5.13. The highest BCUT2D eigenvalue weighted by Gasteiger charge is 2.27. The van der Waals surface area contributed by atoms with Crippen LogP contribution in [0, 0.1) is 0 Å². The molecule has 5 nitrogen and oxygen atoms in total. The van der Waals surface area contributed by atoms with Crippen LogP contribution >= 0.6 is 15.9 Å². The Morgan fingerprint density at radius 3 is 2.48 bits per heavy atom. The lowest BCUT2D eigenvalue weighted by molar-refractivity contribution is -0.123. The molecule has 1 aromatic heterocycles. The van der Waals surface area contributed by atoms with Gasteiger partial charge in [0, 0.05) is 11.3 Å². The number of anilines is 1. The van der Waals surface area contributed by atoms with E-state index in [4.69, 9.17) is 4.42 Å². The van der Waals surface area contributed by atoms with Gasteiger partial charge in [0.05, 0.1) is 0 Å². The number of nitrogens with one attached hydrogen (secondary N) is 2. The lowest BCUT2D eigenvalue weighted by Gasteiger charge is -2.09. The van der Waals surface area contributed by atoms with E-state index in [-0.39, 0.29) is 17.0 Å². The molecule has 2 N–H and O–H groups in total. The maximum atomic E-state index is 12.1. The van der Waals surface area contributed by atoms with Crippen LogP contribution < -0.4 is 10.6 Å². The zero-order chi connectivity index (χ0) is 17.0. The molecule has 9 heteroatoms. The van der Waals surface area contributed by atoms with E-state index in [0.717, 1.165) is 0 Å². The van der Waals surface area contributed by atoms with Gasteiger partial charge in [-0.15, -0.1) is 0 Å². The standard InChI is InChI=1S/C14H10BrF3N2O3/c15-11-5-4-10(23-11)13(22)20-9-3-1-2-8(6-9)12(21)19-7-14(16,17)18/h1-6H,7H2,(H,19,21)(H,20,22). The van der Waals surface area contributed by atoms with Crippen LogP contribution in [0.4, 0.5) is 18.9 Å². The van der Waals surface area contributed by atoms with Crippen LogP contribution in [0.1, 0.15) is 20.9 Å². The van der Waals surface area contributed by atoms with Crippen LogP contribution in [0.3, 0.4) is 0 Å². The van der Waals surface area contributed by atoms with Gasteiger partial charge in [-0.1, -0.05) is 6.07 Å². The number of amides is 2. The smallest absolute Gasteiger partial charge is 0.405 e. The Morgan fingerprint density at radius 2 is 1.87 bits per heavy atom. The molecule has 0 radical (unpaired) electrons. The summed E-state index contributed by atoms with van der Waals surface area (Å²) < 4.78 is 41.7. The summed E-state index contributed by atoms with van der Waals surface area (Å²) in [5, 5.41) is 4.24. The second-order valence-electron chi connectivity index (χ2n) is 4.44. The van der Waals surface area contributed by atoms with Crippen molar-refractivity contribution in [3.63, 3.8) is 0 Å². The van der Waals surface area contributed by atoms with Crippen LogP contribution in [-0.2, 0) is 0 Å². The van der Waals surface area contributed by atoms with Crippen LogP contribution in [0.15, 0.2) is 45.5 Å². The highest BCUT2D eigenvalue weighted by molar-refractivity contribution is 9.10. The van der Waals surface area contributed by atoms with Crippen molar-refractivity contribution < 1.29 is 27.2 Å². The summed E-state index contributed by atoms with van der Waals surface area (Å²) >= 11 is 3.06. The molecule has 2 aromatic rings. The molecule has 0 atom stereocenters. The Bertz CT molecular complexity index is 728. The van der Waals surface area contributed by atoms with Gasteiger partial charge in [0.25, 0.3) is 11.8 Å². The van der Waals surface area contributed by atoms with E-state index in [1.165, 1.54) is 36.4 Å². The first-order chi connectivity index (χ1) is 10.7. The molecule has 0 aliphatic rings. The van der Waals surface area contributed by atoms with Crippen molar-refractivity contribution in [2.45, 2.75) is 6.18 Å². The van der Waals surface area contributed by atoms with Gasteiger partial charge in [-0.2, -0.15) is 13.2 Å². The summed E-state index contributed by atoms with van der Waals surface area (Å²) in [4.78, 5) is 23.5. The van der Waals surface area contributed by atoms with Crippen molar-refractivity contribution in [1.29, 1.82) is 0 Å². The number of alkyl halides is 3. The van der Waals surface area contributed by atoms with Crippen molar-refractivity contribution in [2.24, 2.45) is 0 Å². The number of hydrogen-bond acceptors (Lipinski definition) is 3. The summed E-state index contributed by atoms with van der Waals surface area (Å²) in [6.45, 7) is -1.43. The topological polar surface area (TPSA) is 71.3 Å². The zero-order valence-electron chi connectivity index (χ0n) is 11.4. The third-order valence-electron chi connectivity index (χ3n) is 2.63. The second-order valence-corrected chi connectivity index (χ2v) is 5.22. The predicted molar refractivity (Wildman–Crippen MR) is 79.2 cm³/mol. The SMILES string of the molecule is O=C(NCC(F)(F)F)c1cccc(NC(=O)c2ccc(Br)o2)c1. The summed E-state index contributed by atoms with van der Waals surface area (Å²) in [5.74, 6) is -1.40. The number of carbonyl (C=O) groups is 2. The molecule has 122 valence electrons. The molecule has 0 unspecified atom stereocenters. The monoisotopic (exact) mass is 390 g/mol. The maximum absolute atomic E-state index is 12.1. The Kier molecular flexibility index (Phi) is 5.09. The lowest BCUT2D eigenvalue weighted by Crippen LogP contribution is -2.33. The molecule has 23 heavy (non-hydrogen) atoms. The van der Waals surface area contributed by atoms with E-state index < -0.39 is 24.5 Å². The van der Waals surface area contributed by atoms with E-state index in [2.05, 4.69) is 21.2 Å². The fourth-order valence-electron chi connectivity index (χ4n) is 1.65. The molecule has 0 saturated carbocycles. The summed E-state index contributed by atoms with van der Waals surface area (Å²) in [6, 6.07) is 8.52. The van der Waals surface area contributed by atoms with E-state index in [9.17, 15) is 22.8 Å². The molecule has 0 spiro atoms. The first-order valence-electron chi connectivity index (χ1n) is 6.26. The minimum Gasteiger partial charge on any atom is -0.444 e. The van der Waals surface area contributed by atoms with Crippen LogP contribution in [0.5, 0.6) is 0 Å². The average molecular weight is 391 g/mol. The summed E-state index contributed by atoms with van der Waals surface area (Å²) in [7, 11) is 0. The van der Waals surface area contributed by atoms with E-state index in [1.54, 1.807) is 5.32 Å². The Balaban J connectivity index is 2.04. The fourth-order valence-corrected chi connectivity index (χ4v) is 1.96. The molecular weight excluding hydrogens is 381 g/mol. The normalized spacial score (nSPS) is 11.1. The number of rotatable bonds is 4. The zero-order valence-corrected chi connectivity index (χ0v) is 13.0. The minimum absolute atomic E-state index is 0.00678. The van der Waals surface area contributed by atoms with Crippen molar-refractivity contribution in [3.8, 4) is 0 Å². The number of hydrogen-bond donors (Lipinski definition) is 2. The van der Waals surface area contributed by atoms with Crippen molar-refractivity contribution >= 4 is 33.4 Å². The molecular formula is C14H10BrF3N2O3. The summed E-state index contributed by atoms with van der Waals surface area (Å²) in [5.41, 5.74) is 0.245. The van der Waals surface area contributed by atoms with Gasteiger partial charge in [0.15, 0.2) is 10.4 Å². The molecule has 2 amide bonds. The number of halogens is 4. The highest BCUT2D eigenvalue weighted by atomic mass is 79.9. The molecule has 0 bridgehead atoms. The van der Waals surface area contributed by atoms with Crippen molar-refractivity contribution in [2.75, 3.05) is 11.9 Å². The fraction of sp³-hybridized carbons (Fsp3) is 0.143. The van der Waals surface area contributed by atoms with Crippen LogP contribution in [0.2, 0.25) is 0 Å². The van der Waals surface area contributed by atoms with Gasteiger partial charge in [0.1, 0.15) is 6.54 Å². The number of benzene rings is 1. The maximum Gasteiger partial charge on any atom is 0.405 e. The summed E-state index contributed by atoms with van der Waals surface area (Å²) in [6.07, 6.45) is -4.49. The quantitative estimate of drug-likeness (QED) is 0.837. The predicted octanol–water partition coefficient (Wildman–Crippen LogP) is 3.59. The van der Waals surface area contributed by atoms with Crippen LogP contribution in [-0.4, -0.2) is 24.5 Å². The van der Waals surface area contributed by atoms with E-state index in [0.29, 0.717) is 4.67 Å². The number of carbonyl (C=O) groups excluding carboxylic acids is 2. The van der Waals surface area contributed by atoms with Gasteiger partial charge in [-0.05, 0) is 46.3 Å². The van der Waals surface area contributed by atoms with E-state index in [1.807, 2.05) is 0 Å². The second kappa shape index (κ2) is 6.86. The van der Waals surface area contributed by atoms with Gasteiger partial charge >= 0.3 is 6.18 Å². The first kappa shape index (κ1) is 17.1. The molecule has 1 aromatic carbocycles. The molecule has 0 aliphatic heterocycles. The van der Waals surface area contributed by atoms with E-state index >= 15 is 0 Å². The number of furan rings is 1. The lowest BCUT2D eigenvalue weighted by atomic mass is 10.2. The van der Waals surface area contributed by atoms with Crippen molar-refractivity contribution in [3.05, 3.63) is 52.4 Å². The third-order valence-corrected chi connectivity index (χ3v) is 3.06. The average Bonchev–Trinajstić information content (AvgIpc) is 2.91. The first-order valence-corrected chi connectivity index (χ1v) is 7.05. The molecule has 0 fully saturated rings. The molecule has 1 heterocycles. The van der Waals surface area contributed by atoms with Crippen LogP contribution in [0.25, 0.3) is 0 Å². The van der Waals surface area contributed by atoms with Crippen molar-refractivity contribution in [1.82, 2.24) is 5.32 Å². The Hall–Kier alpha value is -2.29. The largest absolute Gasteiger partial charge is 0.444 e. The molecule has 2 rings (SSSR count). The molecule has 0 saturated heterocycles. The van der Waals surface area contributed by atoms with Gasteiger partial charge in [-0.25, -0.2) is 0 Å². The van der Waals surface area contributed by atoms with Gasteiger partial charge < -0.3 is 15.1 Å². The van der Waals surface area contributed by atoms with Gasteiger partial charge in [-0.3, -0.25) is 9.59 Å². The van der Waals surface area contributed by atoms with Gasteiger partial charge in [0.2, 0.25) is 0 Å². The Labute approximate surface area is 137 Å².